The molecule has 1 heterocycles. The molecule has 3 rings (SSSR count). The van der Waals surface area contributed by atoms with E-state index in [1.54, 1.807) is 43.5 Å². The molecule has 2 aromatic carbocycles. The van der Waals surface area contributed by atoms with E-state index in [0.29, 0.717) is 37.7 Å². The average Bonchev–Trinajstić information content (AvgIpc) is 2.95. The van der Waals surface area contributed by atoms with Crippen LogP contribution in [-0.2, 0) is 4.79 Å². The quantitative estimate of drug-likeness (QED) is 0.601. The van der Waals surface area contributed by atoms with E-state index in [9.17, 15) is 9.90 Å². The van der Waals surface area contributed by atoms with Crippen LogP contribution in [0.4, 0.5) is 5.69 Å². The summed E-state index contributed by atoms with van der Waals surface area (Å²) < 4.78 is 16.1. The van der Waals surface area contributed by atoms with Crippen molar-refractivity contribution in [2.45, 2.75) is 0 Å². The van der Waals surface area contributed by atoms with Crippen molar-refractivity contribution in [3.8, 4) is 23.0 Å². The summed E-state index contributed by atoms with van der Waals surface area (Å²) in [4.78, 5) is 14.8. The van der Waals surface area contributed by atoms with Crippen molar-refractivity contribution >= 4 is 46.0 Å². The maximum Gasteiger partial charge on any atom is 0.270 e. The van der Waals surface area contributed by atoms with Gasteiger partial charge < -0.3 is 19.3 Å². The van der Waals surface area contributed by atoms with Crippen LogP contribution >= 0.6 is 24.0 Å². The van der Waals surface area contributed by atoms with Gasteiger partial charge in [-0.3, -0.25) is 9.69 Å². The monoisotopic (exact) mass is 403 g/mol. The first-order valence-corrected chi connectivity index (χ1v) is 9.08. The summed E-state index contributed by atoms with van der Waals surface area (Å²) in [6.45, 7) is 0. The Hall–Kier alpha value is -2.71. The number of phenols is 1. The molecule has 1 aliphatic heterocycles. The average molecular weight is 403 g/mol. The van der Waals surface area contributed by atoms with Crippen LogP contribution in [-0.4, -0.2) is 36.7 Å². The first-order valence-electron chi connectivity index (χ1n) is 7.85. The van der Waals surface area contributed by atoms with E-state index in [0.717, 1.165) is 0 Å². The predicted molar refractivity (Wildman–Crippen MR) is 110 cm³/mol. The van der Waals surface area contributed by atoms with Crippen LogP contribution in [0.5, 0.6) is 23.0 Å². The molecule has 27 heavy (non-hydrogen) atoms. The van der Waals surface area contributed by atoms with Gasteiger partial charge in [-0.15, -0.1) is 0 Å². The fourth-order valence-electron chi connectivity index (χ4n) is 2.58. The number of hydrogen-bond donors (Lipinski definition) is 1. The van der Waals surface area contributed by atoms with E-state index in [1.807, 2.05) is 0 Å². The van der Waals surface area contributed by atoms with Crippen molar-refractivity contribution in [3.05, 3.63) is 46.9 Å². The zero-order chi connectivity index (χ0) is 19.6. The molecule has 0 atom stereocenters. The number of nitrogens with zero attached hydrogens (tertiary/aromatic N) is 1. The molecule has 8 heteroatoms. The minimum atomic E-state index is -0.250. The van der Waals surface area contributed by atoms with Crippen LogP contribution < -0.4 is 19.1 Å². The molecule has 0 saturated carbocycles. The number of hydrogen-bond acceptors (Lipinski definition) is 7. The minimum Gasteiger partial charge on any atom is -0.504 e. The standard InChI is InChI=1S/C19H17NO5S2/c1-23-12-5-6-13(15(10-12)24-2)20-18(22)17(27-19(20)26)9-11-4-7-14(21)16(8-11)25-3/h4-10,21H,1-3H3/b17-9-. The molecule has 0 aromatic heterocycles. The number of rotatable bonds is 5. The number of carbonyl (C=O) groups excluding carboxylic acids is 1. The third-order valence-electron chi connectivity index (χ3n) is 3.92. The number of thioether (sulfide) groups is 1. The lowest BCUT2D eigenvalue weighted by Gasteiger charge is -2.18. The minimum absolute atomic E-state index is 0.0326. The Morgan fingerprint density at radius 1 is 1.04 bits per heavy atom. The summed E-state index contributed by atoms with van der Waals surface area (Å²) in [5, 5.41) is 9.71. The highest BCUT2D eigenvalue weighted by molar-refractivity contribution is 8.27. The molecule has 1 fully saturated rings. The third-order valence-corrected chi connectivity index (χ3v) is 5.23. The van der Waals surface area contributed by atoms with E-state index < -0.39 is 0 Å². The van der Waals surface area contributed by atoms with Gasteiger partial charge >= 0.3 is 0 Å². The second-order valence-electron chi connectivity index (χ2n) is 5.49. The number of thiocarbonyl (C=S) groups is 1. The number of amides is 1. The highest BCUT2D eigenvalue weighted by Gasteiger charge is 2.35. The fraction of sp³-hybridized carbons (Fsp3) is 0.158. The summed E-state index contributed by atoms with van der Waals surface area (Å²) in [5.74, 6) is 1.22. The van der Waals surface area contributed by atoms with Crippen LogP contribution in [0, 0.1) is 0 Å². The lowest BCUT2D eigenvalue weighted by atomic mass is 10.2. The maximum absolute atomic E-state index is 12.9. The van der Waals surface area contributed by atoms with Gasteiger partial charge in [-0.1, -0.05) is 30.0 Å². The van der Waals surface area contributed by atoms with Gasteiger partial charge in [0.05, 0.1) is 31.9 Å². The lowest BCUT2D eigenvalue weighted by Crippen LogP contribution is -2.27. The molecule has 1 amide bonds. The van der Waals surface area contributed by atoms with Crippen LogP contribution in [0.15, 0.2) is 41.3 Å². The number of methoxy groups -OCH3 is 3. The molecule has 0 aliphatic carbocycles. The summed E-state index contributed by atoms with van der Waals surface area (Å²) >= 11 is 6.60. The second-order valence-corrected chi connectivity index (χ2v) is 7.16. The zero-order valence-electron chi connectivity index (χ0n) is 14.9. The Morgan fingerprint density at radius 2 is 1.78 bits per heavy atom. The van der Waals surface area contributed by atoms with Crippen molar-refractivity contribution in [1.29, 1.82) is 0 Å². The highest BCUT2D eigenvalue weighted by atomic mass is 32.2. The summed E-state index contributed by atoms with van der Waals surface area (Å²) in [6, 6.07) is 10.0. The number of phenolic OH excluding ortho intramolecular Hbond substituents is 1. The number of benzene rings is 2. The maximum atomic E-state index is 12.9. The van der Waals surface area contributed by atoms with Crippen LogP contribution in [0.1, 0.15) is 5.56 Å². The molecule has 140 valence electrons. The number of ether oxygens (including phenoxy) is 3. The Labute approximate surface area is 166 Å². The summed E-state index contributed by atoms with van der Waals surface area (Å²) in [5.41, 5.74) is 1.26. The molecule has 0 radical (unpaired) electrons. The molecule has 2 aromatic rings. The van der Waals surface area contributed by atoms with Crippen molar-refractivity contribution < 1.29 is 24.1 Å². The Morgan fingerprint density at radius 3 is 2.44 bits per heavy atom. The largest absolute Gasteiger partial charge is 0.504 e. The van der Waals surface area contributed by atoms with Gasteiger partial charge in [0.2, 0.25) is 0 Å². The van der Waals surface area contributed by atoms with E-state index in [4.69, 9.17) is 26.4 Å². The molecule has 0 unspecified atom stereocenters. The van der Waals surface area contributed by atoms with Gasteiger partial charge in [-0.25, -0.2) is 0 Å². The fourth-order valence-corrected chi connectivity index (χ4v) is 3.87. The number of carbonyl (C=O) groups is 1. The molecule has 1 saturated heterocycles. The van der Waals surface area contributed by atoms with Crippen LogP contribution in [0.25, 0.3) is 6.08 Å². The van der Waals surface area contributed by atoms with Gasteiger partial charge in [0.1, 0.15) is 11.5 Å². The first kappa shape index (κ1) is 19.1. The van der Waals surface area contributed by atoms with Gasteiger partial charge in [0.15, 0.2) is 15.8 Å². The van der Waals surface area contributed by atoms with Gasteiger partial charge in [-0.2, -0.15) is 0 Å². The molecular formula is C19H17NO5S2. The Balaban J connectivity index is 1.96. The second kappa shape index (κ2) is 7.89. The van der Waals surface area contributed by atoms with Crippen LogP contribution in [0.2, 0.25) is 0 Å². The topological polar surface area (TPSA) is 68.2 Å². The van der Waals surface area contributed by atoms with Crippen molar-refractivity contribution in [2.24, 2.45) is 0 Å². The number of anilines is 1. The Bertz CT molecular complexity index is 942. The summed E-state index contributed by atoms with van der Waals surface area (Å²) in [7, 11) is 4.55. The molecule has 6 nitrogen and oxygen atoms in total. The van der Waals surface area contributed by atoms with E-state index in [2.05, 4.69) is 0 Å². The molecule has 0 bridgehead atoms. The van der Waals surface area contributed by atoms with Crippen molar-refractivity contribution in [2.75, 3.05) is 26.2 Å². The van der Waals surface area contributed by atoms with E-state index in [-0.39, 0.29) is 11.7 Å². The van der Waals surface area contributed by atoms with Crippen molar-refractivity contribution in [3.63, 3.8) is 0 Å². The smallest absolute Gasteiger partial charge is 0.270 e. The van der Waals surface area contributed by atoms with E-state index >= 15 is 0 Å². The molecular weight excluding hydrogens is 386 g/mol. The third kappa shape index (κ3) is 3.72. The molecule has 1 aliphatic rings. The van der Waals surface area contributed by atoms with Gasteiger partial charge in [0.25, 0.3) is 5.91 Å². The molecule has 1 N–H and O–H groups in total. The first-order chi connectivity index (χ1) is 13.0. The normalized spacial score (nSPS) is 15.4. The Kier molecular flexibility index (Phi) is 5.57. The van der Waals surface area contributed by atoms with Gasteiger partial charge in [-0.05, 0) is 35.9 Å². The highest BCUT2D eigenvalue weighted by Crippen LogP contribution is 2.41. The van der Waals surface area contributed by atoms with Crippen molar-refractivity contribution in [1.82, 2.24) is 0 Å². The predicted octanol–water partition coefficient (Wildman–Crippen LogP) is 3.82. The van der Waals surface area contributed by atoms with Crippen LogP contribution in [0.3, 0.4) is 0 Å². The van der Waals surface area contributed by atoms with E-state index in [1.165, 1.54) is 36.9 Å². The summed E-state index contributed by atoms with van der Waals surface area (Å²) in [6.07, 6.45) is 1.71. The lowest BCUT2D eigenvalue weighted by molar-refractivity contribution is -0.113. The van der Waals surface area contributed by atoms with Gasteiger partial charge in [0, 0.05) is 6.07 Å². The zero-order valence-corrected chi connectivity index (χ0v) is 16.5. The SMILES string of the molecule is COc1ccc(N2C(=O)/C(=C/c3ccc(O)c(OC)c3)SC2=S)c(OC)c1. The number of aromatic hydroxyl groups is 1. The molecule has 0 spiro atoms.